The van der Waals surface area contributed by atoms with Crippen LogP contribution in [0.4, 0.5) is 0 Å². The lowest BCUT2D eigenvalue weighted by Crippen LogP contribution is -2.14. The van der Waals surface area contributed by atoms with Gasteiger partial charge in [0.15, 0.2) is 5.75 Å². The van der Waals surface area contributed by atoms with Crippen molar-refractivity contribution in [1.29, 1.82) is 0 Å². The summed E-state index contributed by atoms with van der Waals surface area (Å²) in [5.41, 5.74) is 1.20. The number of aryl methyl sites for hydroxylation is 1. The monoisotopic (exact) mass is 211 g/mol. The molecule has 0 bridgehead atoms. The molecule has 0 amide bonds. The number of hydrogen-bond donors (Lipinski definition) is 1. The molecule has 15 heavy (non-hydrogen) atoms. The Hall–Kier alpha value is -1.03. The quantitative estimate of drug-likeness (QED) is 0.777. The Morgan fingerprint density at radius 3 is 2.87 bits per heavy atom. The Labute approximate surface area is 91.6 Å². The molecule has 0 aliphatic heterocycles. The summed E-state index contributed by atoms with van der Waals surface area (Å²) in [4.78, 5) is 0. The topological polar surface area (TPSA) is 39.1 Å². The molecule has 0 saturated carbocycles. The molecule has 1 aromatic rings. The third-order valence-corrected chi connectivity index (χ3v) is 2.66. The van der Waals surface area contributed by atoms with Crippen LogP contribution in [-0.2, 0) is 6.54 Å². The summed E-state index contributed by atoms with van der Waals surface area (Å²) >= 11 is 0. The van der Waals surface area contributed by atoms with E-state index in [2.05, 4.69) is 24.3 Å². The molecule has 4 heteroatoms. The standard InChI is InChI=1S/C11H21N3O/c1-5-14-11(9(2)6-7-12-3)10(15-4)8-13-14/h8-9,12H,5-7H2,1-4H3. The minimum Gasteiger partial charge on any atom is -0.493 e. The van der Waals surface area contributed by atoms with Gasteiger partial charge in [0.1, 0.15) is 0 Å². The second-order valence-corrected chi connectivity index (χ2v) is 3.71. The second-order valence-electron chi connectivity index (χ2n) is 3.71. The van der Waals surface area contributed by atoms with E-state index in [9.17, 15) is 0 Å². The minimum atomic E-state index is 0.467. The van der Waals surface area contributed by atoms with Crippen molar-refractivity contribution in [1.82, 2.24) is 15.1 Å². The summed E-state index contributed by atoms with van der Waals surface area (Å²) in [7, 11) is 3.67. The first kappa shape index (κ1) is 12.0. The summed E-state index contributed by atoms with van der Waals surface area (Å²) < 4.78 is 7.34. The fraction of sp³-hybridized carbons (Fsp3) is 0.727. The smallest absolute Gasteiger partial charge is 0.160 e. The molecule has 0 aliphatic carbocycles. The van der Waals surface area contributed by atoms with Crippen LogP contribution >= 0.6 is 0 Å². The maximum absolute atomic E-state index is 5.33. The van der Waals surface area contributed by atoms with E-state index in [0.717, 1.165) is 25.3 Å². The third-order valence-electron chi connectivity index (χ3n) is 2.66. The van der Waals surface area contributed by atoms with E-state index in [1.54, 1.807) is 13.3 Å². The molecule has 0 spiro atoms. The zero-order valence-electron chi connectivity index (χ0n) is 10.1. The van der Waals surface area contributed by atoms with Crippen molar-refractivity contribution in [2.75, 3.05) is 20.7 Å². The average Bonchev–Trinajstić information content (AvgIpc) is 2.68. The number of ether oxygens (including phenoxy) is 1. The predicted molar refractivity (Wildman–Crippen MR) is 61.4 cm³/mol. The lowest BCUT2D eigenvalue weighted by Gasteiger charge is -2.14. The Balaban J connectivity index is 2.83. The van der Waals surface area contributed by atoms with Gasteiger partial charge in [-0.25, -0.2) is 0 Å². The molecular formula is C11H21N3O. The first-order valence-corrected chi connectivity index (χ1v) is 5.48. The summed E-state index contributed by atoms with van der Waals surface area (Å²) in [5.74, 6) is 1.37. The first-order valence-electron chi connectivity index (χ1n) is 5.48. The molecule has 1 heterocycles. The SMILES string of the molecule is CCn1ncc(OC)c1C(C)CCNC. The number of rotatable bonds is 6. The summed E-state index contributed by atoms with van der Waals surface area (Å²) in [6, 6.07) is 0. The van der Waals surface area contributed by atoms with Crippen LogP contribution in [0.2, 0.25) is 0 Å². The van der Waals surface area contributed by atoms with Gasteiger partial charge in [-0.05, 0) is 26.9 Å². The predicted octanol–water partition coefficient (Wildman–Crippen LogP) is 1.62. The molecule has 86 valence electrons. The highest BCUT2D eigenvalue weighted by atomic mass is 16.5. The molecule has 0 aromatic carbocycles. The van der Waals surface area contributed by atoms with Crippen molar-refractivity contribution in [3.8, 4) is 5.75 Å². The highest BCUT2D eigenvalue weighted by molar-refractivity contribution is 5.28. The Morgan fingerprint density at radius 1 is 1.60 bits per heavy atom. The van der Waals surface area contributed by atoms with Crippen LogP contribution in [0.1, 0.15) is 31.9 Å². The molecule has 1 atom stereocenters. The largest absolute Gasteiger partial charge is 0.493 e. The highest BCUT2D eigenvalue weighted by Crippen LogP contribution is 2.28. The number of aromatic nitrogens is 2. The molecule has 1 N–H and O–H groups in total. The van der Waals surface area contributed by atoms with Crippen molar-refractivity contribution in [3.63, 3.8) is 0 Å². The van der Waals surface area contributed by atoms with Gasteiger partial charge in [-0.15, -0.1) is 0 Å². The Morgan fingerprint density at radius 2 is 2.33 bits per heavy atom. The van der Waals surface area contributed by atoms with Gasteiger partial charge in [0.25, 0.3) is 0 Å². The van der Waals surface area contributed by atoms with Gasteiger partial charge in [-0.2, -0.15) is 5.10 Å². The molecule has 1 unspecified atom stereocenters. The molecule has 0 radical (unpaired) electrons. The van der Waals surface area contributed by atoms with E-state index in [1.165, 1.54) is 5.69 Å². The molecule has 4 nitrogen and oxygen atoms in total. The zero-order chi connectivity index (χ0) is 11.3. The van der Waals surface area contributed by atoms with Crippen molar-refractivity contribution in [3.05, 3.63) is 11.9 Å². The van der Waals surface area contributed by atoms with E-state index in [4.69, 9.17) is 4.74 Å². The highest BCUT2D eigenvalue weighted by Gasteiger charge is 2.16. The van der Waals surface area contributed by atoms with Crippen LogP contribution in [0.25, 0.3) is 0 Å². The second kappa shape index (κ2) is 5.75. The first-order chi connectivity index (χ1) is 7.24. The number of nitrogens with zero attached hydrogens (tertiary/aromatic N) is 2. The van der Waals surface area contributed by atoms with Crippen molar-refractivity contribution >= 4 is 0 Å². The molecular weight excluding hydrogens is 190 g/mol. The molecule has 0 aliphatic rings. The van der Waals surface area contributed by atoms with Gasteiger partial charge >= 0.3 is 0 Å². The van der Waals surface area contributed by atoms with Crippen LogP contribution in [0, 0.1) is 0 Å². The maximum atomic E-state index is 5.33. The zero-order valence-corrected chi connectivity index (χ0v) is 10.1. The van der Waals surface area contributed by atoms with Gasteiger partial charge in [0, 0.05) is 12.5 Å². The van der Waals surface area contributed by atoms with E-state index in [-0.39, 0.29) is 0 Å². The van der Waals surface area contributed by atoms with Gasteiger partial charge in [0.2, 0.25) is 0 Å². The van der Waals surface area contributed by atoms with Gasteiger partial charge in [0.05, 0.1) is 19.0 Å². The summed E-state index contributed by atoms with van der Waals surface area (Å²) in [6.45, 7) is 6.21. The minimum absolute atomic E-state index is 0.467. The van der Waals surface area contributed by atoms with Gasteiger partial charge in [-0.1, -0.05) is 6.92 Å². The molecule has 0 fully saturated rings. The van der Waals surface area contributed by atoms with Crippen molar-refractivity contribution < 1.29 is 4.74 Å². The Bertz CT molecular complexity index is 275. The average molecular weight is 211 g/mol. The van der Waals surface area contributed by atoms with E-state index in [1.807, 2.05) is 11.7 Å². The lowest BCUT2D eigenvalue weighted by atomic mass is 10.0. The summed E-state index contributed by atoms with van der Waals surface area (Å²) in [6.07, 6.45) is 2.90. The van der Waals surface area contributed by atoms with Crippen molar-refractivity contribution in [2.45, 2.75) is 32.7 Å². The summed E-state index contributed by atoms with van der Waals surface area (Å²) in [5, 5.41) is 7.47. The van der Waals surface area contributed by atoms with Crippen LogP contribution < -0.4 is 10.1 Å². The third kappa shape index (κ3) is 2.72. The number of nitrogens with one attached hydrogen (secondary N) is 1. The fourth-order valence-corrected chi connectivity index (χ4v) is 1.78. The van der Waals surface area contributed by atoms with E-state index >= 15 is 0 Å². The van der Waals surface area contributed by atoms with Gasteiger partial charge in [-0.3, -0.25) is 4.68 Å². The van der Waals surface area contributed by atoms with Crippen LogP contribution in [0.15, 0.2) is 6.20 Å². The lowest BCUT2D eigenvalue weighted by molar-refractivity contribution is 0.400. The van der Waals surface area contributed by atoms with Gasteiger partial charge < -0.3 is 10.1 Å². The molecule has 0 saturated heterocycles. The maximum Gasteiger partial charge on any atom is 0.160 e. The normalized spacial score (nSPS) is 12.8. The number of hydrogen-bond acceptors (Lipinski definition) is 3. The van der Waals surface area contributed by atoms with E-state index in [0.29, 0.717) is 5.92 Å². The molecule has 1 aromatic heterocycles. The van der Waals surface area contributed by atoms with E-state index < -0.39 is 0 Å². The number of methoxy groups -OCH3 is 1. The molecule has 1 rings (SSSR count). The van der Waals surface area contributed by atoms with Crippen molar-refractivity contribution in [2.24, 2.45) is 0 Å². The van der Waals surface area contributed by atoms with Crippen LogP contribution in [0.5, 0.6) is 5.75 Å². The fourth-order valence-electron chi connectivity index (χ4n) is 1.78. The van der Waals surface area contributed by atoms with Crippen LogP contribution in [-0.4, -0.2) is 30.5 Å². The Kier molecular flexibility index (Phi) is 4.62. The van der Waals surface area contributed by atoms with Crippen LogP contribution in [0.3, 0.4) is 0 Å².